The van der Waals surface area contributed by atoms with E-state index in [1.54, 1.807) is 0 Å². The second kappa shape index (κ2) is 4.69. The van der Waals surface area contributed by atoms with E-state index >= 15 is 0 Å². The number of hydrogen-bond donors (Lipinski definition) is 2. The van der Waals surface area contributed by atoms with Gasteiger partial charge in [-0.25, -0.2) is 13.9 Å². The van der Waals surface area contributed by atoms with Crippen LogP contribution in [0.2, 0.25) is 0 Å². The number of H-pyrrole nitrogens is 1. The van der Waals surface area contributed by atoms with Crippen molar-refractivity contribution in [3.05, 3.63) is 41.7 Å². The average Bonchev–Trinajstić information content (AvgIpc) is 2.76. The number of hydrogen-bond acceptors (Lipinski definition) is 3. The number of benzene rings is 1. The number of rotatable bonds is 3. The first-order chi connectivity index (χ1) is 8.16. The first-order valence-corrected chi connectivity index (χ1v) is 4.75. The number of nitrogens with one attached hydrogen (secondary N) is 2. The number of halogens is 2. The zero-order valence-electron chi connectivity index (χ0n) is 8.58. The average molecular weight is 238 g/mol. The maximum absolute atomic E-state index is 13.2. The normalized spacial score (nSPS) is 10.2. The van der Waals surface area contributed by atoms with Gasteiger partial charge >= 0.3 is 0 Å². The van der Waals surface area contributed by atoms with Crippen LogP contribution in [-0.2, 0) is 11.2 Å². The minimum absolute atomic E-state index is 0.131. The summed E-state index contributed by atoms with van der Waals surface area (Å²) in [5, 5.41) is 8.24. The highest BCUT2D eigenvalue weighted by Gasteiger charge is 2.13. The van der Waals surface area contributed by atoms with Crippen LogP contribution < -0.4 is 5.32 Å². The van der Waals surface area contributed by atoms with Gasteiger partial charge in [-0.1, -0.05) is 6.07 Å². The molecule has 7 heteroatoms. The lowest BCUT2D eigenvalue weighted by Gasteiger charge is -2.04. The van der Waals surface area contributed by atoms with Crippen molar-refractivity contribution < 1.29 is 13.6 Å². The van der Waals surface area contributed by atoms with Gasteiger partial charge in [-0.05, 0) is 12.1 Å². The van der Waals surface area contributed by atoms with E-state index in [0.717, 1.165) is 12.1 Å². The van der Waals surface area contributed by atoms with E-state index < -0.39 is 24.0 Å². The molecule has 88 valence electrons. The standard InChI is InChI=1S/C10H8F2N4O/c11-7-2-1-3-8(12)6(7)4-9(17)15-10-13-5-14-16-10/h1-3,5H,4H2,(H2,13,14,15,16,17). The van der Waals surface area contributed by atoms with Crippen LogP contribution in [0.4, 0.5) is 14.7 Å². The highest BCUT2D eigenvalue weighted by atomic mass is 19.1. The van der Waals surface area contributed by atoms with E-state index in [0.29, 0.717) is 0 Å². The van der Waals surface area contributed by atoms with Gasteiger partial charge in [0.25, 0.3) is 0 Å². The predicted octanol–water partition coefficient (Wildman–Crippen LogP) is 1.26. The largest absolute Gasteiger partial charge is 0.295 e. The van der Waals surface area contributed by atoms with Gasteiger partial charge in [0.15, 0.2) is 0 Å². The molecule has 0 atom stereocenters. The summed E-state index contributed by atoms with van der Waals surface area (Å²) in [6, 6.07) is 3.43. The summed E-state index contributed by atoms with van der Waals surface area (Å²) in [6.07, 6.45) is 0.804. The Bertz CT molecular complexity index is 507. The lowest BCUT2D eigenvalue weighted by molar-refractivity contribution is -0.115. The first-order valence-electron chi connectivity index (χ1n) is 4.75. The topological polar surface area (TPSA) is 70.7 Å². The molecule has 0 fully saturated rings. The van der Waals surface area contributed by atoms with Gasteiger partial charge in [0.1, 0.15) is 18.0 Å². The number of aromatic amines is 1. The van der Waals surface area contributed by atoms with Crippen molar-refractivity contribution >= 4 is 11.9 Å². The van der Waals surface area contributed by atoms with E-state index in [2.05, 4.69) is 20.5 Å². The number of carbonyl (C=O) groups is 1. The van der Waals surface area contributed by atoms with Gasteiger partial charge in [-0.2, -0.15) is 10.1 Å². The number of carbonyl (C=O) groups excluding carboxylic acids is 1. The molecule has 0 bridgehead atoms. The zero-order chi connectivity index (χ0) is 12.3. The van der Waals surface area contributed by atoms with Gasteiger partial charge in [-0.3, -0.25) is 10.1 Å². The van der Waals surface area contributed by atoms with E-state index in [9.17, 15) is 13.6 Å². The van der Waals surface area contributed by atoms with Gasteiger partial charge in [-0.15, -0.1) is 0 Å². The van der Waals surface area contributed by atoms with E-state index in [1.807, 2.05) is 0 Å². The second-order valence-corrected chi connectivity index (χ2v) is 3.26. The molecule has 0 saturated carbocycles. The summed E-state index contributed by atoms with van der Waals surface area (Å²) in [5.41, 5.74) is -0.274. The van der Waals surface area contributed by atoms with Crippen LogP contribution in [-0.4, -0.2) is 21.1 Å². The van der Waals surface area contributed by atoms with Crippen LogP contribution in [0.3, 0.4) is 0 Å². The Labute approximate surface area is 94.9 Å². The molecule has 1 heterocycles. The van der Waals surface area contributed by atoms with Crippen molar-refractivity contribution in [1.82, 2.24) is 15.2 Å². The summed E-state index contributed by atoms with van der Waals surface area (Å²) < 4.78 is 26.5. The third-order valence-electron chi connectivity index (χ3n) is 2.07. The van der Waals surface area contributed by atoms with Crippen molar-refractivity contribution in [2.24, 2.45) is 0 Å². The molecule has 17 heavy (non-hydrogen) atoms. The molecule has 0 spiro atoms. The Kier molecular flexibility index (Phi) is 3.08. The lowest BCUT2D eigenvalue weighted by atomic mass is 10.1. The van der Waals surface area contributed by atoms with E-state index in [1.165, 1.54) is 12.4 Å². The van der Waals surface area contributed by atoms with Crippen LogP contribution >= 0.6 is 0 Å². The van der Waals surface area contributed by atoms with Crippen molar-refractivity contribution in [2.75, 3.05) is 5.32 Å². The Hall–Kier alpha value is -2.31. The molecule has 5 nitrogen and oxygen atoms in total. The van der Waals surface area contributed by atoms with Crippen molar-refractivity contribution in [1.29, 1.82) is 0 Å². The molecule has 2 N–H and O–H groups in total. The monoisotopic (exact) mass is 238 g/mol. The van der Waals surface area contributed by atoms with Crippen LogP contribution in [0.5, 0.6) is 0 Å². The van der Waals surface area contributed by atoms with Gasteiger partial charge in [0, 0.05) is 5.56 Å². The SMILES string of the molecule is O=C(Cc1c(F)cccc1F)Nc1ncn[nH]1. The summed E-state index contributed by atoms with van der Waals surface area (Å²) in [5.74, 6) is -1.95. The first kappa shape index (κ1) is 11.2. The molecule has 1 aromatic heterocycles. The Balaban J connectivity index is 2.08. The van der Waals surface area contributed by atoms with Crippen LogP contribution in [0.25, 0.3) is 0 Å². The number of nitrogens with zero attached hydrogens (tertiary/aromatic N) is 2. The molecule has 0 aliphatic carbocycles. The number of anilines is 1. The maximum Gasteiger partial charge on any atom is 0.231 e. The molecule has 0 aliphatic rings. The Morgan fingerprint density at radius 2 is 2.06 bits per heavy atom. The molecule has 0 unspecified atom stereocenters. The summed E-state index contributed by atoms with van der Waals surface area (Å²) in [4.78, 5) is 15.1. The van der Waals surface area contributed by atoms with Crippen molar-refractivity contribution in [3.8, 4) is 0 Å². The Morgan fingerprint density at radius 3 is 2.65 bits per heavy atom. The number of aromatic nitrogens is 3. The minimum atomic E-state index is -0.752. The minimum Gasteiger partial charge on any atom is -0.295 e. The fraction of sp³-hybridized carbons (Fsp3) is 0.100. The molecule has 0 radical (unpaired) electrons. The maximum atomic E-state index is 13.2. The van der Waals surface area contributed by atoms with Crippen LogP contribution in [0.15, 0.2) is 24.5 Å². The quantitative estimate of drug-likeness (QED) is 0.845. The fourth-order valence-electron chi connectivity index (χ4n) is 1.30. The van der Waals surface area contributed by atoms with Crippen molar-refractivity contribution in [2.45, 2.75) is 6.42 Å². The predicted molar refractivity (Wildman–Crippen MR) is 55.1 cm³/mol. The second-order valence-electron chi connectivity index (χ2n) is 3.26. The van der Waals surface area contributed by atoms with Crippen LogP contribution in [0, 0.1) is 11.6 Å². The number of amides is 1. The summed E-state index contributed by atoms with van der Waals surface area (Å²) in [6.45, 7) is 0. The lowest BCUT2D eigenvalue weighted by Crippen LogP contribution is -2.17. The summed E-state index contributed by atoms with van der Waals surface area (Å²) >= 11 is 0. The van der Waals surface area contributed by atoms with Gasteiger partial charge < -0.3 is 0 Å². The van der Waals surface area contributed by atoms with E-state index in [-0.39, 0.29) is 11.5 Å². The fourth-order valence-corrected chi connectivity index (χ4v) is 1.30. The molecular formula is C10H8F2N4O. The molecule has 2 aromatic rings. The molecule has 2 rings (SSSR count). The van der Waals surface area contributed by atoms with E-state index in [4.69, 9.17) is 0 Å². The zero-order valence-corrected chi connectivity index (χ0v) is 8.58. The molecule has 1 aromatic carbocycles. The van der Waals surface area contributed by atoms with Gasteiger partial charge in [0.2, 0.25) is 11.9 Å². The molecule has 0 saturated heterocycles. The Morgan fingerprint density at radius 1 is 1.35 bits per heavy atom. The van der Waals surface area contributed by atoms with Gasteiger partial charge in [0.05, 0.1) is 6.42 Å². The molecular weight excluding hydrogens is 230 g/mol. The smallest absolute Gasteiger partial charge is 0.231 e. The third kappa shape index (κ3) is 2.63. The highest BCUT2D eigenvalue weighted by Crippen LogP contribution is 2.13. The highest BCUT2D eigenvalue weighted by molar-refractivity contribution is 5.90. The molecule has 0 aliphatic heterocycles. The molecule has 1 amide bonds. The van der Waals surface area contributed by atoms with Crippen molar-refractivity contribution in [3.63, 3.8) is 0 Å². The van der Waals surface area contributed by atoms with Crippen LogP contribution in [0.1, 0.15) is 5.56 Å². The third-order valence-corrected chi connectivity index (χ3v) is 2.07. The summed E-state index contributed by atoms with van der Waals surface area (Å²) in [7, 11) is 0.